The minimum absolute atomic E-state index is 0.0261. The van der Waals surface area contributed by atoms with Crippen molar-refractivity contribution >= 4 is 23.2 Å². The van der Waals surface area contributed by atoms with E-state index in [1.807, 2.05) is 17.9 Å². The number of hydrogen-bond acceptors (Lipinski definition) is 3. The van der Waals surface area contributed by atoms with E-state index in [1.165, 1.54) is 16.8 Å². The number of piperazine rings is 1. The van der Waals surface area contributed by atoms with Gasteiger partial charge in [0.15, 0.2) is 6.61 Å². The Morgan fingerprint density at radius 1 is 1.04 bits per heavy atom. The van der Waals surface area contributed by atoms with Crippen LogP contribution >= 0.6 is 11.6 Å². The van der Waals surface area contributed by atoms with Gasteiger partial charge >= 0.3 is 0 Å². The fourth-order valence-electron chi connectivity index (χ4n) is 3.22. The van der Waals surface area contributed by atoms with Gasteiger partial charge in [-0.2, -0.15) is 0 Å². The second kappa shape index (κ2) is 8.00. The first-order valence-corrected chi connectivity index (χ1v) is 9.31. The zero-order chi connectivity index (χ0) is 18.7. The lowest BCUT2D eigenvalue weighted by molar-refractivity contribution is -0.133. The number of carbonyl (C=O) groups is 1. The van der Waals surface area contributed by atoms with Gasteiger partial charge in [-0.15, -0.1) is 0 Å². The fourth-order valence-corrected chi connectivity index (χ4v) is 3.34. The first kappa shape index (κ1) is 18.6. The molecule has 1 saturated heterocycles. The Hall–Kier alpha value is -2.20. The van der Waals surface area contributed by atoms with E-state index < -0.39 is 0 Å². The molecule has 0 atom stereocenters. The molecule has 0 radical (unpaired) electrons. The molecule has 5 heteroatoms. The number of rotatable bonds is 4. The average Bonchev–Trinajstić information content (AvgIpc) is 2.65. The topological polar surface area (TPSA) is 32.8 Å². The summed E-state index contributed by atoms with van der Waals surface area (Å²) < 4.78 is 5.64. The van der Waals surface area contributed by atoms with E-state index >= 15 is 0 Å². The largest absolute Gasteiger partial charge is 0.484 e. The molecule has 1 amide bonds. The van der Waals surface area contributed by atoms with Gasteiger partial charge in [0.2, 0.25) is 0 Å². The van der Waals surface area contributed by atoms with Gasteiger partial charge in [-0.1, -0.05) is 23.7 Å². The summed E-state index contributed by atoms with van der Waals surface area (Å²) in [7, 11) is 0. The number of halogens is 1. The Labute approximate surface area is 160 Å². The monoisotopic (exact) mass is 372 g/mol. The Morgan fingerprint density at radius 2 is 1.77 bits per heavy atom. The van der Waals surface area contributed by atoms with Crippen LogP contribution in [0.15, 0.2) is 36.4 Å². The molecule has 0 aromatic heterocycles. The summed E-state index contributed by atoms with van der Waals surface area (Å²) in [5.41, 5.74) is 4.82. The maximum absolute atomic E-state index is 12.4. The first-order chi connectivity index (χ1) is 12.5. The molecule has 2 aromatic rings. The average molecular weight is 373 g/mol. The zero-order valence-corrected chi connectivity index (χ0v) is 16.3. The van der Waals surface area contributed by atoms with Crippen LogP contribution in [0.5, 0.6) is 5.75 Å². The summed E-state index contributed by atoms with van der Waals surface area (Å²) in [6.45, 7) is 9.39. The summed E-state index contributed by atoms with van der Waals surface area (Å²) in [6, 6.07) is 11.8. The van der Waals surface area contributed by atoms with E-state index in [2.05, 4.69) is 36.9 Å². The summed E-state index contributed by atoms with van der Waals surface area (Å²) >= 11 is 6.01. The highest BCUT2D eigenvalue weighted by Crippen LogP contribution is 2.24. The number of amides is 1. The number of aryl methyl sites for hydroxylation is 2. The van der Waals surface area contributed by atoms with Gasteiger partial charge in [0.1, 0.15) is 5.75 Å². The van der Waals surface area contributed by atoms with Gasteiger partial charge in [0.25, 0.3) is 5.91 Å². The molecule has 1 fully saturated rings. The minimum atomic E-state index is 0.0261. The summed E-state index contributed by atoms with van der Waals surface area (Å²) in [5.74, 6) is 0.701. The van der Waals surface area contributed by atoms with Crippen molar-refractivity contribution in [2.45, 2.75) is 20.8 Å². The van der Waals surface area contributed by atoms with Crippen molar-refractivity contribution in [2.75, 3.05) is 37.7 Å². The van der Waals surface area contributed by atoms with Crippen LogP contribution in [0.4, 0.5) is 5.69 Å². The van der Waals surface area contributed by atoms with E-state index in [-0.39, 0.29) is 12.5 Å². The van der Waals surface area contributed by atoms with Gasteiger partial charge in [-0.25, -0.2) is 0 Å². The van der Waals surface area contributed by atoms with Gasteiger partial charge < -0.3 is 14.5 Å². The molecular weight excluding hydrogens is 348 g/mol. The molecule has 1 aliphatic rings. The molecular formula is C21H25ClN2O2. The third-order valence-electron chi connectivity index (χ3n) is 5.04. The van der Waals surface area contributed by atoms with Crippen LogP contribution < -0.4 is 9.64 Å². The molecule has 0 unspecified atom stereocenters. The third-order valence-corrected chi connectivity index (χ3v) is 5.46. The molecule has 0 saturated carbocycles. The van der Waals surface area contributed by atoms with Crippen LogP contribution in [0, 0.1) is 20.8 Å². The van der Waals surface area contributed by atoms with Crippen molar-refractivity contribution in [1.29, 1.82) is 0 Å². The van der Waals surface area contributed by atoms with Crippen LogP contribution in [0.3, 0.4) is 0 Å². The van der Waals surface area contributed by atoms with Crippen LogP contribution in [0.2, 0.25) is 5.02 Å². The van der Waals surface area contributed by atoms with E-state index in [9.17, 15) is 4.79 Å². The molecule has 0 bridgehead atoms. The van der Waals surface area contributed by atoms with Gasteiger partial charge in [-0.05, 0) is 61.7 Å². The van der Waals surface area contributed by atoms with E-state index in [4.69, 9.17) is 16.3 Å². The predicted octanol–water partition coefficient (Wildman–Crippen LogP) is 3.99. The van der Waals surface area contributed by atoms with Crippen molar-refractivity contribution in [1.82, 2.24) is 4.90 Å². The normalized spacial score (nSPS) is 14.5. The SMILES string of the molecule is Cc1cc(OCC(=O)N2CCN(c3cccc(C)c3C)CC2)ccc1Cl. The number of carbonyl (C=O) groups excluding carboxylic acids is 1. The molecule has 1 aliphatic heterocycles. The zero-order valence-electron chi connectivity index (χ0n) is 15.6. The van der Waals surface area contributed by atoms with Gasteiger partial charge in [-0.3, -0.25) is 4.79 Å². The number of hydrogen-bond donors (Lipinski definition) is 0. The fraction of sp³-hybridized carbons (Fsp3) is 0.381. The highest BCUT2D eigenvalue weighted by molar-refractivity contribution is 6.31. The van der Waals surface area contributed by atoms with Crippen LogP contribution in [0.1, 0.15) is 16.7 Å². The third kappa shape index (κ3) is 4.13. The molecule has 0 aliphatic carbocycles. The maximum Gasteiger partial charge on any atom is 0.260 e. The van der Waals surface area contributed by atoms with Crippen molar-refractivity contribution in [3.05, 3.63) is 58.1 Å². The Morgan fingerprint density at radius 3 is 2.46 bits per heavy atom. The van der Waals surface area contributed by atoms with Gasteiger partial charge in [0.05, 0.1) is 0 Å². The second-order valence-corrected chi connectivity index (χ2v) is 7.19. The van der Waals surface area contributed by atoms with Gasteiger partial charge in [0, 0.05) is 36.9 Å². The van der Waals surface area contributed by atoms with Crippen molar-refractivity contribution in [3.8, 4) is 5.75 Å². The van der Waals surface area contributed by atoms with Crippen LogP contribution in [0.25, 0.3) is 0 Å². The maximum atomic E-state index is 12.4. The molecule has 4 nitrogen and oxygen atoms in total. The lowest BCUT2D eigenvalue weighted by Crippen LogP contribution is -2.50. The number of benzene rings is 2. The minimum Gasteiger partial charge on any atom is -0.484 e. The standard InChI is InChI=1S/C21H25ClN2O2/c1-15-5-4-6-20(17(15)3)23-9-11-24(12-10-23)21(25)14-26-18-7-8-19(22)16(2)13-18/h4-8,13H,9-12,14H2,1-3H3. The number of nitrogens with zero attached hydrogens (tertiary/aromatic N) is 2. The summed E-state index contributed by atoms with van der Waals surface area (Å²) in [4.78, 5) is 16.7. The second-order valence-electron chi connectivity index (χ2n) is 6.79. The van der Waals surface area contributed by atoms with E-state index in [0.717, 1.165) is 31.7 Å². The molecule has 26 heavy (non-hydrogen) atoms. The van der Waals surface area contributed by atoms with Crippen LogP contribution in [-0.2, 0) is 4.79 Å². The Balaban J connectivity index is 1.53. The summed E-state index contributed by atoms with van der Waals surface area (Å²) in [6.07, 6.45) is 0. The van der Waals surface area contributed by atoms with Crippen molar-refractivity contribution < 1.29 is 9.53 Å². The highest BCUT2D eigenvalue weighted by Gasteiger charge is 2.22. The highest BCUT2D eigenvalue weighted by atomic mass is 35.5. The molecule has 0 spiro atoms. The quantitative estimate of drug-likeness (QED) is 0.813. The Kier molecular flexibility index (Phi) is 5.72. The van der Waals surface area contributed by atoms with E-state index in [1.54, 1.807) is 12.1 Å². The van der Waals surface area contributed by atoms with Crippen molar-refractivity contribution in [2.24, 2.45) is 0 Å². The lowest BCUT2D eigenvalue weighted by atomic mass is 10.1. The molecule has 3 rings (SSSR count). The van der Waals surface area contributed by atoms with Crippen LogP contribution in [-0.4, -0.2) is 43.6 Å². The molecule has 138 valence electrons. The molecule has 2 aromatic carbocycles. The molecule has 0 N–H and O–H groups in total. The Bertz CT molecular complexity index is 799. The van der Waals surface area contributed by atoms with E-state index in [0.29, 0.717) is 10.8 Å². The predicted molar refractivity (Wildman–Crippen MR) is 106 cm³/mol. The van der Waals surface area contributed by atoms with Crippen molar-refractivity contribution in [3.63, 3.8) is 0 Å². The summed E-state index contributed by atoms with van der Waals surface area (Å²) in [5, 5.41) is 0.700. The molecule has 1 heterocycles. The number of ether oxygens (including phenoxy) is 1. The lowest BCUT2D eigenvalue weighted by Gasteiger charge is -2.37. The smallest absolute Gasteiger partial charge is 0.260 e. The first-order valence-electron chi connectivity index (χ1n) is 8.93. The number of anilines is 1.